The van der Waals surface area contributed by atoms with Crippen molar-refractivity contribution in [2.45, 2.75) is 32.7 Å². The molecular formula is C14H21BrFNS. The number of hydrogen-bond acceptors (Lipinski definition) is 2. The molecule has 0 saturated heterocycles. The van der Waals surface area contributed by atoms with Gasteiger partial charge in [0.25, 0.3) is 0 Å². The van der Waals surface area contributed by atoms with Crippen LogP contribution in [-0.2, 0) is 6.42 Å². The number of thioether (sulfide) groups is 1. The van der Waals surface area contributed by atoms with E-state index in [1.165, 1.54) is 23.8 Å². The van der Waals surface area contributed by atoms with Gasteiger partial charge in [-0.15, -0.1) is 0 Å². The summed E-state index contributed by atoms with van der Waals surface area (Å²) in [5.74, 6) is 2.12. The minimum atomic E-state index is -0.195. The van der Waals surface area contributed by atoms with Crippen LogP contribution < -0.4 is 5.32 Å². The van der Waals surface area contributed by atoms with Gasteiger partial charge >= 0.3 is 0 Å². The van der Waals surface area contributed by atoms with Crippen molar-refractivity contribution in [2.75, 3.05) is 18.1 Å². The first-order chi connectivity index (χ1) is 8.67. The summed E-state index contributed by atoms with van der Waals surface area (Å²) in [6, 6.07) is 5.74. The molecule has 1 N–H and O–H groups in total. The Morgan fingerprint density at radius 3 is 2.78 bits per heavy atom. The third kappa shape index (κ3) is 5.72. The van der Waals surface area contributed by atoms with Gasteiger partial charge in [0, 0.05) is 11.8 Å². The molecule has 0 aliphatic carbocycles. The highest BCUT2D eigenvalue weighted by Gasteiger charge is 2.09. The van der Waals surface area contributed by atoms with Gasteiger partial charge in [-0.25, -0.2) is 4.39 Å². The lowest BCUT2D eigenvalue weighted by atomic mass is 10.1. The Morgan fingerprint density at radius 1 is 1.39 bits per heavy atom. The standard InChI is InChI=1S/C14H21BrFNS/c1-3-7-18-10-12(17-4-2)8-11-5-6-14(16)13(15)9-11/h5-6,9,12,17H,3-4,7-8,10H2,1-2H3. The monoisotopic (exact) mass is 333 g/mol. The Bertz CT molecular complexity index is 360. The van der Waals surface area contributed by atoms with E-state index < -0.39 is 0 Å². The quantitative estimate of drug-likeness (QED) is 0.713. The molecule has 4 heteroatoms. The van der Waals surface area contributed by atoms with Crippen molar-refractivity contribution in [3.05, 3.63) is 34.1 Å². The van der Waals surface area contributed by atoms with E-state index in [0.717, 1.165) is 18.7 Å². The molecule has 1 unspecified atom stereocenters. The summed E-state index contributed by atoms with van der Waals surface area (Å²) < 4.78 is 13.7. The van der Waals surface area contributed by atoms with Crippen molar-refractivity contribution >= 4 is 27.7 Å². The number of nitrogens with one attached hydrogen (secondary N) is 1. The predicted molar refractivity (Wildman–Crippen MR) is 82.9 cm³/mol. The first-order valence-corrected chi connectivity index (χ1v) is 8.37. The van der Waals surface area contributed by atoms with Crippen molar-refractivity contribution in [2.24, 2.45) is 0 Å². The van der Waals surface area contributed by atoms with E-state index in [1.807, 2.05) is 23.9 Å². The third-order valence-electron chi connectivity index (χ3n) is 2.63. The van der Waals surface area contributed by atoms with Gasteiger partial charge < -0.3 is 5.32 Å². The Labute approximate surface area is 122 Å². The van der Waals surface area contributed by atoms with E-state index in [0.29, 0.717) is 10.5 Å². The highest BCUT2D eigenvalue weighted by molar-refractivity contribution is 9.10. The lowest BCUT2D eigenvalue weighted by Crippen LogP contribution is -2.33. The second-order valence-corrected chi connectivity index (χ2v) is 6.29. The zero-order chi connectivity index (χ0) is 13.4. The minimum Gasteiger partial charge on any atom is -0.313 e. The Balaban J connectivity index is 2.55. The van der Waals surface area contributed by atoms with E-state index in [4.69, 9.17) is 0 Å². The summed E-state index contributed by atoms with van der Waals surface area (Å²) in [6.45, 7) is 5.30. The van der Waals surface area contributed by atoms with Crippen LogP contribution in [0.15, 0.2) is 22.7 Å². The minimum absolute atomic E-state index is 0.195. The molecule has 0 spiro atoms. The van der Waals surface area contributed by atoms with Crippen LogP contribution >= 0.6 is 27.7 Å². The number of benzene rings is 1. The molecular weight excluding hydrogens is 313 g/mol. The van der Waals surface area contributed by atoms with E-state index in [2.05, 4.69) is 35.1 Å². The Morgan fingerprint density at radius 2 is 2.17 bits per heavy atom. The average molecular weight is 334 g/mol. The molecule has 18 heavy (non-hydrogen) atoms. The van der Waals surface area contributed by atoms with Gasteiger partial charge in [-0.3, -0.25) is 0 Å². The zero-order valence-corrected chi connectivity index (χ0v) is 13.4. The molecule has 1 rings (SSSR count). The second kappa shape index (κ2) is 8.94. The number of halogens is 2. The summed E-state index contributed by atoms with van der Waals surface area (Å²) in [5.41, 5.74) is 1.17. The first-order valence-electron chi connectivity index (χ1n) is 6.42. The fraction of sp³-hybridized carbons (Fsp3) is 0.571. The van der Waals surface area contributed by atoms with Gasteiger partial charge in [0.05, 0.1) is 4.47 Å². The summed E-state index contributed by atoms with van der Waals surface area (Å²) in [4.78, 5) is 0. The predicted octanol–water partition coefficient (Wildman–Crippen LogP) is 4.25. The molecule has 0 heterocycles. The summed E-state index contributed by atoms with van der Waals surface area (Å²) >= 11 is 5.22. The lowest BCUT2D eigenvalue weighted by molar-refractivity contribution is 0.570. The second-order valence-electron chi connectivity index (χ2n) is 4.28. The van der Waals surface area contributed by atoms with Crippen LogP contribution in [0.25, 0.3) is 0 Å². The highest BCUT2D eigenvalue weighted by Crippen LogP contribution is 2.18. The van der Waals surface area contributed by atoms with Gasteiger partial charge in [-0.1, -0.05) is 19.9 Å². The van der Waals surface area contributed by atoms with Crippen molar-refractivity contribution in [1.29, 1.82) is 0 Å². The van der Waals surface area contributed by atoms with Crippen molar-refractivity contribution in [3.8, 4) is 0 Å². The average Bonchev–Trinajstić information content (AvgIpc) is 2.34. The molecule has 0 aliphatic heterocycles. The molecule has 1 aromatic rings. The molecule has 102 valence electrons. The van der Waals surface area contributed by atoms with Crippen LogP contribution in [0, 0.1) is 5.82 Å². The van der Waals surface area contributed by atoms with Gasteiger partial charge in [0.2, 0.25) is 0 Å². The number of hydrogen-bond donors (Lipinski definition) is 1. The van der Waals surface area contributed by atoms with Crippen LogP contribution in [0.5, 0.6) is 0 Å². The Kier molecular flexibility index (Phi) is 7.95. The summed E-state index contributed by atoms with van der Waals surface area (Å²) in [5, 5.41) is 3.49. The highest BCUT2D eigenvalue weighted by atomic mass is 79.9. The summed E-state index contributed by atoms with van der Waals surface area (Å²) in [6.07, 6.45) is 2.16. The normalized spacial score (nSPS) is 12.7. The zero-order valence-electron chi connectivity index (χ0n) is 11.0. The first kappa shape index (κ1) is 16.0. The van der Waals surface area contributed by atoms with Crippen LogP contribution in [-0.4, -0.2) is 24.1 Å². The fourth-order valence-corrected chi connectivity index (χ4v) is 3.20. The topological polar surface area (TPSA) is 12.0 Å². The lowest BCUT2D eigenvalue weighted by Gasteiger charge is -2.17. The largest absolute Gasteiger partial charge is 0.313 e. The number of likely N-dealkylation sites (N-methyl/N-ethyl adjacent to an activating group) is 1. The van der Waals surface area contributed by atoms with Crippen LogP contribution in [0.3, 0.4) is 0 Å². The maximum atomic E-state index is 13.2. The molecule has 1 atom stereocenters. The maximum absolute atomic E-state index is 13.2. The Hall–Kier alpha value is -0.0600. The van der Waals surface area contributed by atoms with Gasteiger partial charge in [0.15, 0.2) is 0 Å². The molecule has 0 aromatic heterocycles. The molecule has 0 amide bonds. The molecule has 0 saturated carbocycles. The maximum Gasteiger partial charge on any atom is 0.137 e. The van der Waals surface area contributed by atoms with Gasteiger partial charge in [0.1, 0.15) is 5.82 Å². The van der Waals surface area contributed by atoms with Gasteiger partial charge in [-0.05, 0) is 58.8 Å². The molecule has 0 fully saturated rings. The molecule has 1 aromatic carbocycles. The van der Waals surface area contributed by atoms with E-state index in [1.54, 1.807) is 0 Å². The smallest absolute Gasteiger partial charge is 0.137 e. The van der Waals surface area contributed by atoms with E-state index >= 15 is 0 Å². The van der Waals surface area contributed by atoms with Crippen molar-refractivity contribution in [1.82, 2.24) is 5.32 Å². The SMILES string of the molecule is CCCSCC(Cc1ccc(F)c(Br)c1)NCC. The fourth-order valence-electron chi connectivity index (χ4n) is 1.80. The van der Waals surface area contributed by atoms with E-state index in [-0.39, 0.29) is 5.82 Å². The van der Waals surface area contributed by atoms with Crippen LogP contribution in [0.2, 0.25) is 0 Å². The van der Waals surface area contributed by atoms with Crippen molar-refractivity contribution < 1.29 is 4.39 Å². The molecule has 0 bridgehead atoms. The van der Waals surface area contributed by atoms with E-state index in [9.17, 15) is 4.39 Å². The van der Waals surface area contributed by atoms with Gasteiger partial charge in [-0.2, -0.15) is 11.8 Å². The number of rotatable bonds is 8. The molecule has 0 radical (unpaired) electrons. The molecule has 1 nitrogen and oxygen atoms in total. The molecule has 0 aliphatic rings. The third-order valence-corrected chi connectivity index (χ3v) is 4.57. The van der Waals surface area contributed by atoms with Crippen LogP contribution in [0.1, 0.15) is 25.8 Å². The summed E-state index contributed by atoms with van der Waals surface area (Å²) in [7, 11) is 0. The van der Waals surface area contributed by atoms with Crippen molar-refractivity contribution in [3.63, 3.8) is 0 Å². The van der Waals surface area contributed by atoms with Crippen LogP contribution in [0.4, 0.5) is 4.39 Å².